The standard InChI is InChI=1S/C17H30N2/c1-5-6-7-12-19(4)17(13-18)16-10-8-15(9-11-16)14(2)3/h8-11,14,17H,5-7,12-13,18H2,1-4H3. The summed E-state index contributed by atoms with van der Waals surface area (Å²) in [5.41, 5.74) is 8.70. The molecule has 1 aromatic carbocycles. The summed E-state index contributed by atoms with van der Waals surface area (Å²) in [6, 6.07) is 9.30. The van der Waals surface area contributed by atoms with Crippen molar-refractivity contribution in [3.63, 3.8) is 0 Å². The van der Waals surface area contributed by atoms with Crippen LogP contribution in [0.1, 0.15) is 63.1 Å². The van der Waals surface area contributed by atoms with Gasteiger partial charge in [-0.05, 0) is 37.1 Å². The summed E-state index contributed by atoms with van der Waals surface area (Å²) >= 11 is 0. The molecule has 0 aliphatic rings. The topological polar surface area (TPSA) is 29.3 Å². The molecular weight excluding hydrogens is 232 g/mol. The van der Waals surface area contributed by atoms with Gasteiger partial charge in [-0.3, -0.25) is 4.90 Å². The van der Waals surface area contributed by atoms with Crippen LogP contribution in [0.15, 0.2) is 24.3 Å². The van der Waals surface area contributed by atoms with Gasteiger partial charge in [-0.1, -0.05) is 57.9 Å². The van der Waals surface area contributed by atoms with E-state index in [2.05, 4.69) is 57.0 Å². The minimum absolute atomic E-state index is 0.345. The predicted octanol–water partition coefficient (Wildman–Crippen LogP) is 3.93. The molecule has 1 rings (SSSR count). The molecule has 0 aliphatic heterocycles. The van der Waals surface area contributed by atoms with Crippen LogP contribution in [0.3, 0.4) is 0 Å². The Bertz CT molecular complexity index is 343. The molecule has 108 valence electrons. The highest BCUT2D eigenvalue weighted by molar-refractivity contribution is 5.27. The van der Waals surface area contributed by atoms with Crippen molar-refractivity contribution < 1.29 is 0 Å². The monoisotopic (exact) mass is 262 g/mol. The number of unbranched alkanes of at least 4 members (excludes halogenated alkanes) is 2. The molecule has 0 bridgehead atoms. The fraction of sp³-hybridized carbons (Fsp3) is 0.647. The average molecular weight is 262 g/mol. The van der Waals surface area contributed by atoms with Gasteiger partial charge in [0.15, 0.2) is 0 Å². The summed E-state index contributed by atoms with van der Waals surface area (Å²) in [4.78, 5) is 2.39. The molecule has 1 unspecified atom stereocenters. The zero-order valence-corrected chi connectivity index (χ0v) is 13.0. The van der Waals surface area contributed by atoms with Gasteiger partial charge in [0.1, 0.15) is 0 Å². The van der Waals surface area contributed by atoms with Gasteiger partial charge < -0.3 is 5.73 Å². The van der Waals surface area contributed by atoms with E-state index in [1.165, 1.54) is 30.4 Å². The van der Waals surface area contributed by atoms with E-state index < -0.39 is 0 Å². The van der Waals surface area contributed by atoms with Crippen LogP contribution in [0, 0.1) is 0 Å². The first-order valence-electron chi connectivity index (χ1n) is 7.60. The molecule has 2 heteroatoms. The van der Waals surface area contributed by atoms with Crippen molar-refractivity contribution in [3.05, 3.63) is 35.4 Å². The number of hydrogen-bond acceptors (Lipinski definition) is 2. The van der Waals surface area contributed by atoms with Crippen molar-refractivity contribution >= 4 is 0 Å². The molecule has 0 heterocycles. The molecule has 0 amide bonds. The molecule has 1 atom stereocenters. The van der Waals surface area contributed by atoms with Gasteiger partial charge >= 0.3 is 0 Å². The molecule has 0 saturated heterocycles. The third kappa shape index (κ3) is 4.96. The molecule has 2 N–H and O–H groups in total. The second kappa shape index (κ2) is 8.34. The van der Waals surface area contributed by atoms with Crippen molar-refractivity contribution in [1.29, 1.82) is 0 Å². The van der Waals surface area contributed by atoms with Crippen LogP contribution in [0.25, 0.3) is 0 Å². The molecule has 2 nitrogen and oxygen atoms in total. The summed E-state index contributed by atoms with van der Waals surface area (Å²) in [5, 5.41) is 0. The van der Waals surface area contributed by atoms with E-state index in [0.717, 1.165) is 6.54 Å². The van der Waals surface area contributed by atoms with Gasteiger partial charge in [-0.25, -0.2) is 0 Å². The highest BCUT2D eigenvalue weighted by Crippen LogP contribution is 2.22. The SMILES string of the molecule is CCCCCN(C)C(CN)c1ccc(C(C)C)cc1. The van der Waals surface area contributed by atoms with Crippen molar-refractivity contribution in [3.8, 4) is 0 Å². The van der Waals surface area contributed by atoms with E-state index in [1.807, 2.05) is 0 Å². The molecule has 19 heavy (non-hydrogen) atoms. The maximum Gasteiger partial charge on any atom is 0.0467 e. The van der Waals surface area contributed by atoms with E-state index >= 15 is 0 Å². The largest absolute Gasteiger partial charge is 0.329 e. The predicted molar refractivity (Wildman–Crippen MR) is 84.5 cm³/mol. The zero-order chi connectivity index (χ0) is 14.3. The lowest BCUT2D eigenvalue weighted by Gasteiger charge is -2.27. The molecule has 0 radical (unpaired) electrons. The van der Waals surface area contributed by atoms with Crippen molar-refractivity contribution in [2.75, 3.05) is 20.1 Å². The number of rotatable bonds is 8. The van der Waals surface area contributed by atoms with Gasteiger partial charge in [0.25, 0.3) is 0 Å². The summed E-state index contributed by atoms with van der Waals surface area (Å²) in [5.74, 6) is 0.590. The Hall–Kier alpha value is -0.860. The second-order valence-electron chi connectivity index (χ2n) is 5.76. The Labute approximate surface area is 119 Å². The lowest BCUT2D eigenvalue weighted by atomic mass is 9.98. The molecule has 0 spiro atoms. The van der Waals surface area contributed by atoms with E-state index in [-0.39, 0.29) is 0 Å². The smallest absolute Gasteiger partial charge is 0.0467 e. The Morgan fingerprint density at radius 1 is 1.05 bits per heavy atom. The summed E-state index contributed by atoms with van der Waals surface area (Å²) in [6.45, 7) is 8.51. The summed E-state index contributed by atoms with van der Waals surface area (Å²) in [7, 11) is 2.18. The Morgan fingerprint density at radius 2 is 1.63 bits per heavy atom. The molecule has 0 fully saturated rings. The highest BCUT2D eigenvalue weighted by Gasteiger charge is 2.15. The first kappa shape index (κ1) is 16.2. The van der Waals surface area contributed by atoms with E-state index in [1.54, 1.807) is 0 Å². The molecule has 0 aliphatic carbocycles. The average Bonchev–Trinajstić information content (AvgIpc) is 2.40. The quantitative estimate of drug-likeness (QED) is 0.719. The number of likely N-dealkylation sites (N-methyl/N-ethyl adjacent to an activating group) is 1. The van der Waals surface area contributed by atoms with E-state index in [9.17, 15) is 0 Å². The van der Waals surface area contributed by atoms with Crippen molar-refractivity contribution in [2.45, 2.75) is 52.0 Å². The Morgan fingerprint density at radius 3 is 2.11 bits per heavy atom. The number of benzene rings is 1. The van der Waals surface area contributed by atoms with Crippen LogP contribution >= 0.6 is 0 Å². The zero-order valence-electron chi connectivity index (χ0n) is 13.0. The third-order valence-electron chi connectivity index (χ3n) is 3.86. The molecular formula is C17H30N2. The van der Waals surface area contributed by atoms with Gasteiger partial charge in [-0.2, -0.15) is 0 Å². The minimum atomic E-state index is 0.345. The minimum Gasteiger partial charge on any atom is -0.329 e. The summed E-state index contributed by atoms with van der Waals surface area (Å²) < 4.78 is 0. The van der Waals surface area contributed by atoms with Crippen molar-refractivity contribution in [1.82, 2.24) is 4.90 Å². The lowest BCUT2D eigenvalue weighted by molar-refractivity contribution is 0.245. The number of hydrogen-bond donors (Lipinski definition) is 1. The first-order chi connectivity index (χ1) is 9.10. The van der Waals surface area contributed by atoms with Crippen LogP contribution in [0.4, 0.5) is 0 Å². The lowest BCUT2D eigenvalue weighted by Crippen LogP contribution is -2.31. The third-order valence-corrected chi connectivity index (χ3v) is 3.86. The Balaban J connectivity index is 2.67. The second-order valence-corrected chi connectivity index (χ2v) is 5.76. The van der Waals surface area contributed by atoms with E-state index in [0.29, 0.717) is 18.5 Å². The van der Waals surface area contributed by atoms with Crippen LogP contribution in [0.5, 0.6) is 0 Å². The molecule has 0 saturated carbocycles. The van der Waals surface area contributed by atoms with Gasteiger partial charge in [0, 0.05) is 12.6 Å². The first-order valence-corrected chi connectivity index (χ1v) is 7.60. The van der Waals surface area contributed by atoms with Crippen LogP contribution in [-0.4, -0.2) is 25.0 Å². The normalized spacial score (nSPS) is 13.2. The maximum absolute atomic E-state index is 5.97. The molecule has 0 aromatic heterocycles. The highest BCUT2D eigenvalue weighted by atomic mass is 15.1. The Kier molecular flexibility index (Phi) is 7.11. The van der Waals surface area contributed by atoms with Crippen LogP contribution in [-0.2, 0) is 0 Å². The summed E-state index contributed by atoms with van der Waals surface area (Å²) in [6.07, 6.45) is 3.83. The van der Waals surface area contributed by atoms with Gasteiger partial charge in [0.05, 0.1) is 0 Å². The van der Waals surface area contributed by atoms with Crippen LogP contribution in [0.2, 0.25) is 0 Å². The van der Waals surface area contributed by atoms with Gasteiger partial charge in [-0.15, -0.1) is 0 Å². The molecule has 1 aromatic rings. The van der Waals surface area contributed by atoms with Gasteiger partial charge in [0.2, 0.25) is 0 Å². The number of nitrogens with two attached hydrogens (primary N) is 1. The van der Waals surface area contributed by atoms with E-state index in [4.69, 9.17) is 5.73 Å². The van der Waals surface area contributed by atoms with Crippen LogP contribution < -0.4 is 5.73 Å². The fourth-order valence-corrected chi connectivity index (χ4v) is 2.44. The maximum atomic E-state index is 5.97. The number of nitrogens with zero attached hydrogens (tertiary/aromatic N) is 1. The fourth-order valence-electron chi connectivity index (χ4n) is 2.44. The van der Waals surface area contributed by atoms with Crippen molar-refractivity contribution in [2.24, 2.45) is 5.73 Å².